The molecule has 74 valence electrons. The third-order valence-electron chi connectivity index (χ3n) is 1.71. The maximum atomic E-state index is 10.9. The second-order valence-corrected chi connectivity index (χ2v) is 4.08. The van der Waals surface area contributed by atoms with Crippen LogP contribution >= 0.6 is 0 Å². The van der Waals surface area contributed by atoms with Gasteiger partial charge in [-0.15, -0.1) is 5.92 Å². The average Bonchev–Trinajstić information content (AvgIpc) is 2.14. The lowest BCUT2D eigenvalue weighted by Gasteiger charge is -2.02. The van der Waals surface area contributed by atoms with Gasteiger partial charge in [-0.05, 0) is 18.6 Å². The number of hydrogen-bond donors (Lipinski definition) is 1. The zero-order valence-electron chi connectivity index (χ0n) is 7.69. The highest BCUT2D eigenvalue weighted by molar-refractivity contribution is 7.85. The van der Waals surface area contributed by atoms with Gasteiger partial charge < -0.3 is 0 Å². The van der Waals surface area contributed by atoms with Crippen LogP contribution in [0.3, 0.4) is 0 Å². The molecule has 0 heterocycles. The quantitative estimate of drug-likeness (QED) is 0.594. The van der Waals surface area contributed by atoms with E-state index < -0.39 is 10.1 Å². The summed E-state index contributed by atoms with van der Waals surface area (Å²) in [4.78, 5) is -0.0669. The van der Waals surface area contributed by atoms with Gasteiger partial charge in [0.1, 0.15) is 0 Å². The summed E-state index contributed by atoms with van der Waals surface area (Å²) in [7, 11) is -4.13. The number of rotatable bonds is 2. The molecule has 0 spiro atoms. The third-order valence-corrected chi connectivity index (χ3v) is 2.66. The molecule has 14 heavy (non-hydrogen) atoms. The Morgan fingerprint density at radius 1 is 1.36 bits per heavy atom. The molecule has 0 saturated carbocycles. The highest BCUT2D eigenvalue weighted by Crippen LogP contribution is 2.14. The van der Waals surface area contributed by atoms with E-state index in [4.69, 9.17) is 4.55 Å². The molecule has 1 rings (SSSR count). The van der Waals surface area contributed by atoms with Crippen molar-refractivity contribution in [3.63, 3.8) is 0 Å². The summed E-state index contributed by atoms with van der Waals surface area (Å²) in [6, 6.07) is 6.27. The topological polar surface area (TPSA) is 54.4 Å². The van der Waals surface area contributed by atoms with Crippen LogP contribution in [0.5, 0.6) is 0 Å². The van der Waals surface area contributed by atoms with E-state index in [1.807, 2.05) is 0 Å². The van der Waals surface area contributed by atoms with E-state index in [-0.39, 0.29) is 4.90 Å². The Bertz CT molecular complexity index is 478. The van der Waals surface area contributed by atoms with Crippen molar-refractivity contribution in [1.29, 1.82) is 0 Å². The summed E-state index contributed by atoms with van der Waals surface area (Å²) in [5, 5.41) is 0. The zero-order chi connectivity index (χ0) is 10.6. The molecule has 0 fully saturated rings. The van der Waals surface area contributed by atoms with Gasteiger partial charge in [-0.1, -0.05) is 24.1 Å². The molecule has 0 unspecified atom stereocenters. The smallest absolute Gasteiger partial charge is 0.282 e. The van der Waals surface area contributed by atoms with Crippen molar-refractivity contribution in [2.45, 2.75) is 18.2 Å². The number of hydrogen-bond acceptors (Lipinski definition) is 2. The summed E-state index contributed by atoms with van der Waals surface area (Å²) >= 11 is 0. The molecular weight excluding hydrogens is 200 g/mol. The third kappa shape index (κ3) is 2.59. The van der Waals surface area contributed by atoms with Crippen LogP contribution in [0, 0.1) is 11.8 Å². The molecule has 0 saturated heterocycles. The first kappa shape index (κ1) is 10.8. The molecule has 1 aromatic carbocycles. The van der Waals surface area contributed by atoms with Gasteiger partial charge in [0.2, 0.25) is 0 Å². The van der Waals surface area contributed by atoms with Crippen LogP contribution in [-0.2, 0) is 16.5 Å². The fourth-order valence-electron chi connectivity index (χ4n) is 1.09. The zero-order valence-corrected chi connectivity index (χ0v) is 8.50. The fraction of sp³-hybridized carbons (Fsp3) is 0.200. The first-order chi connectivity index (χ1) is 6.55. The summed E-state index contributed by atoms with van der Waals surface area (Å²) < 4.78 is 30.7. The maximum Gasteiger partial charge on any atom is 0.294 e. The Kier molecular flexibility index (Phi) is 3.28. The van der Waals surface area contributed by atoms with Crippen molar-refractivity contribution < 1.29 is 13.0 Å². The van der Waals surface area contributed by atoms with Crippen molar-refractivity contribution >= 4 is 10.1 Å². The largest absolute Gasteiger partial charge is 0.294 e. The molecule has 0 bridgehead atoms. The van der Waals surface area contributed by atoms with Gasteiger partial charge in [0.25, 0.3) is 10.1 Å². The average molecular weight is 210 g/mol. The predicted molar refractivity (Wildman–Crippen MR) is 53.4 cm³/mol. The molecule has 1 N–H and O–H groups in total. The van der Waals surface area contributed by atoms with Crippen molar-refractivity contribution in [2.75, 3.05) is 0 Å². The van der Waals surface area contributed by atoms with Crippen molar-refractivity contribution in [3.05, 3.63) is 29.8 Å². The van der Waals surface area contributed by atoms with Gasteiger partial charge in [0.05, 0.1) is 4.90 Å². The Balaban J connectivity index is 3.21. The Hall–Kier alpha value is -1.31. The standard InChI is InChI=1S/C10H10O3S/c1-2-3-6-9-7-4-5-8-10(9)14(11,12)13/h4-5,7-8H,6H2,1H3,(H,11,12,13). The Labute approximate surface area is 83.5 Å². The minimum Gasteiger partial charge on any atom is -0.282 e. The van der Waals surface area contributed by atoms with Crippen LogP contribution in [0.25, 0.3) is 0 Å². The Morgan fingerprint density at radius 2 is 2.00 bits per heavy atom. The van der Waals surface area contributed by atoms with Crippen molar-refractivity contribution in [3.8, 4) is 11.8 Å². The van der Waals surface area contributed by atoms with E-state index in [2.05, 4.69) is 11.8 Å². The lowest BCUT2D eigenvalue weighted by atomic mass is 10.1. The first-order valence-corrected chi connectivity index (χ1v) is 5.44. The van der Waals surface area contributed by atoms with Crippen LogP contribution in [-0.4, -0.2) is 13.0 Å². The number of benzene rings is 1. The molecule has 0 radical (unpaired) electrons. The molecule has 0 amide bonds. The van der Waals surface area contributed by atoms with E-state index >= 15 is 0 Å². The van der Waals surface area contributed by atoms with E-state index in [1.165, 1.54) is 6.07 Å². The van der Waals surface area contributed by atoms with Crippen LogP contribution in [0.4, 0.5) is 0 Å². The molecule has 4 heteroatoms. The van der Waals surface area contributed by atoms with Gasteiger partial charge in [0.15, 0.2) is 0 Å². The SMILES string of the molecule is CC#CCc1ccccc1S(=O)(=O)O. The van der Waals surface area contributed by atoms with Gasteiger partial charge in [-0.3, -0.25) is 4.55 Å². The van der Waals surface area contributed by atoms with Crippen LogP contribution < -0.4 is 0 Å². The Morgan fingerprint density at radius 3 is 2.57 bits per heavy atom. The summed E-state index contributed by atoms with van der Waals surface area (Å²) in [6.45, 7) is 1.68. The molecule has 0 aliphatic heterocycles. The minimum absolute atomic E-state index is 0.0669. The van der Waals surface area contributed by atoms with Gasteiger partial charge in [-0.2, -0.15) is 8.42 Å². The lowest BCUT2D eigenvalue weighted by Crippen LogP contribution is -2.02. The maximum absolute atomic E-state index is 10.9. The van der Waals surface area contributed by atoms with Crippen molar-refractivity contribution in [1.82, 2.24) is 0 Å². The lowest BCUT2D eigenvalue weighted by molar-refractivity contribution is 0.482. The molecule has 3 nitrogen and oxygen atoms in total. The normalized spacial score (nSPS) is 10.4. The monoisotopic (exact) mass is 210 g/mol. The highest BCUT2D eigenvalue weighted by atomic mass is 32.2. The van der Waals surface area contributed by atoms with Crippen LogP contribution in [0.15, 0.2) is 29.2 Å². The molecular formula is C10H10O3S. The summed E-state index contributed by atoms with van der Waals surface area (Å²) in [5.74, 6) is 5.42. The van der Waals surface area contributed by atoms with Crippen molar-refractivity contribution in [2.24, 2.45) is 0 Å². The summed E-state index contributed by atoms with van der Waals surface area (Å²) in [5.41, 5.74) is 0.518. The fourth-order valence-corrected chi connectivity index (χ4v) is 1.81. The highest BCUT2D eigenvalue weighted by Gasteiger charge is 2.13. The van der Waals surface area contributed by atoms with Gasteiger partial charge in [0, 0.05) is 6.42 Å². The second kappa shape index (κ2) is 4.27. The first-order valence-electron chi connectivity index (χ1n) is 4.00. The molecule has 1 aromatic rings. The van der Waals surface area contributed by atoms with E-state index in [1.54, 1.807) is 25.1 Å². The second-order valence-electron chi connectivity index (χ2n) is 2.69. The van der Waals surface area contributed by atoms with Crippen LogP contribution in [0.2, 0.25) is 0 Å². The van der Waals surface area contributed by atoms with E-state index in [9.17, 15) is 8.42 Å². The van der Waals surface area contributed by atoms with E-state index in [0.29, 0.717) is 12.0 Å². The van der Waals surface area contributed by atoms with Crippen LogP contribution in [0.1, 0.15) is 12.5 Å². The summed E-state index contributed by atoms with van der Waals surface area (Å²) in [6.07, 6.45) is 0.326. The molecule has 0 aromatic heterocycles. The van der Waals surface area contributed by atoms with Gasteiger partial charge >= 0.3 is 0 Å². The predicted octanol–water partition coefficient (Wildman–Crippen LogP) is 1.50. The molecule has 0 aliphatic carbocycles. The molecule has 0 aliphatic rings. The minimum atomic E-state index is -4.13. The van der Waals surface area contributed by atoms with E-state index in [0.717, 1.165) is 0 Å². The molecule has 0 atom stereocenters. The van der Waals surface area contributed by atoms with Gasteiger partial charge in [-0.25, -0.2) is 0 Å².